The van der Waals surface area contributed by atoms with E-state index in [1.54, 1.807) is 0 Å². The topological polar surface area (TPSA) is 75.2 Å². The molecule has 0 unspecified atom stereocenters. The maximum Gasteiger partial charge on any atom is 0.153 e. The van der Waals surface area contributed by atoms with Crippen molar-refractivity contribution >= 4 is 37.4 Å². The number of nitrogens with zero attached hydrogens (tertiary/aromatic N) is 3. The molecule has 1 aliphatic rings. The lowest BCUT2D eigenvalue weighted by Gasteiger charge is -2.28. The van der Waals surface area contributed by atoms with Gasteiger partial charge in [-0.15, -0.1) is 0 Å². The Morgan fingerprint density at radius 3 is 2.68 bits per heavy atom. The van der Waals surface area contributed by atoms with Crippen LogP contribution in [-0.2, 0) is 9.84 Å². The van der Waals surface area contributed by atoms with Crippen LogP contribution in [0.15, 0.2) is 10.8 Å². The highest BCUT2D eigenvalue weighted by molar-refractivity contribution is 9.10. The van der Waals surface area contributed by atoms with E-state index < -0.39 is 9.84 Å². The molecule has 8 heteroatoms. The van der Waals surface area contributed by atoms with Crippen LogP contribution in [0.5, 0.6) is 0 Å². The first-order chi connectivity index (χ1) is 9.03. The van der Waals surface area contributed by atoms with E-state index in [-0.39, 0.29) is 11.5 Å². The van der Waals surface area contributed by atoms with Gasteiger partial charge in [-0.2, -0.15) is 0 Å². The highest BCUT2D eigenvalue weighted by Gasteiger charge is 2.24. The van der Waals surface area contributed by atoms with Crippen molar-refractivity contribution in [1.82, 2.24) is 9.97 Å². The number of hydrogen-bond donors (Lipinski definition) is 1. The number of aromatic nitrogens is 2. The van der Waals surface area contributed by atoms with Gasteiger partial charge in [0.2, 0.25) is 0 Å². The summed E-state index contributed by atoms with van der Waals surface area (Å²) >= 11 is 3.50. The molecule has 0 bridgehead atoms. The molecule has 19 heavy (non-hydrogen) atoms. The van der Waals surface area contributed by atoms with Crippen molar-refractivity contribution in [3.63, 3.8) is 0 Å². The van der Waals surface area contributed by atoms with Crippen molar-refractivity contribution < 1.29 is 8.42 Å². The molecule has 0 atom stereocenters. The van der Waals surface area contributed by atoms with Gasteiger partial charge >= 0.3 is 0 Å². The SMILES string of the molecule is CCCNc1ncnc(N2CCS(=O)(=O)CC2)c1Br. The van der Waals surface area contributed by atoms with Gasteiger partial charge in [0.25, 0.3) is 0 Å². The van der Waals surface area contributed by atoms with Crippen LogP contribution in [0.2, 0.25) is 0 Å². The molecular weight excluding hydrogens is 332 g/mol. The van der Waals surface area contributed by atoms with E-state index in [1.807, 2.05) is 4.90 Å². The minimum Gasteiger partial charge on any atom is -0.369 e. The van der Waals surface area contributed by atoms with Crippen molar-refractivity contribution in [2.45, 2.75) is 13.3 Å². The zero-order valence-electron chi connectivity index (χ0n) is 10.8. The third kappa shape index (κ3) is 3.56. The fraction of sp³-hybridized carbons (Fsp3) is 0.636. The van der Waals surface area contributed by atoms with Crippen molar-refractivity contribution in [1.29, 1.82) is 0 Å². The minimum atomic E-state index is -2.88. The van der Waals surface area contributed by atoms with Gasteiger partial charge in [-0.1, -0.05) is 6.92 Å². The molecule has 1 saturated heterocycles. The molecule has 6 nitrogen and oxygen atoms in total. The van der Waals surface area contributed by atoms with E-state index in [2.05, 4.69) is 38.1 Å². The highest BCUT2D eigenvalue weighted by Crippen LogP contribution is 2.30. The summed E-state index contributed by atoms with van der Waals surface area (Å²) in [6.45, 7) is 3.87. The van der Waals surface area contributed by atoms with Gasteiger partial charge in [0.15, 0.2) is 9.84 Å². The van der Waals surface area contributed by atoms with Gasteiger partial charge in [0, 0.05) is 19.6 Å². The molecule has 0 saturated carbocycles. The molecule has 2 rings (SSSR count). The molecule has 0 aliphatic carbocycles. The Kier molecular flexibility index (Phi) is 4.62. The van der Waals surface area contributed by atoms with Crippen molar-refractivity contribution in [2.75, 3.05) is 41.4 Å². The van der Waals surface area contributed by atoms with E-state index in [4.69, 9.17) is 0 Å². The molecule has 0 amide bonds. The first-order valence-corrected chi connectivity index (χ1v) is 8.84. The van der Waals surface area contributed by atoms with Gasteiger partial charge in [-0.3, -0.25) is 0 Å². The average Bonchev–Trinajstić information content (AvgIpc) is 2.38. The van der Waals surface area contributed by atoms with Gasteiger partial charge in [0.05, 0.1) is 11.5 Å². The van der Waals surface area contributed by atoms with Crippen LogP contribution in [0.3, 0.4) is 0 Å². The second-order valence-corrected chi connectivity index (χ2v) is 7.52. The molecule has 1 fully saturated rings. The summed E-state index contributed by atoms with van der Waals surface area (Å²) in [6.07, 6.45) is 2.51. The fourth-order valence-electron chi connectivity index (χ4n) is 1.87. The van der Waals surface area contributed by atoms with Gasteiger partial charge in [0.1, 0.15) is 22.4 Å². The van der Waals surface area contributed by atoms with Gasteiger partial charge < -0.3 is 10.2 Å². The van der Waals surface area contributed by atoms with Crippen molar-refractivity contribution in [3.05, 3.63) is 10.8 Å². The summed E-state index contributed by atoms with van der Waals surface area (Å²) < 4.78 is 23.7. The zero-order chi connectivity index (χ0) is 13.9. The Bertz CT molecular complexity index is 536. The van der Waals surface area contributed by atoms with E-state index in [0.29, 0.717) is 13.1 Å². The predicted molar refractivity (Wildman–Crippen MR) is 79.4 cm³/mol. The molecule has 0 spiro atoms. The molecule has 106 valence electrons. The third-order valence-corrected chi connectivity index (χ3v) is 5.30. The Morgan fingerprint density at radius 1 is 1.37 bits per heavy atom. The first-order valence-electron chi connectivity index (χ1n) is 6.23. The van der Waals surface area contributed by atoms with Crippen LogP contribution >= 0.6 is 15.9 Å². The standard InChI is InChI=1S/C11H17BrN4O2S/c1-2-3-13-10-9(12)11(15-8-14-10)16-4-6-19(17,18)7-5-16/h8H,2-7H2,1H3,(H,13,14,15). The van der Waals surface area contributed by atoms with Crippen molar-refractivity contribution in [3.8, 4) is 0 Å². The van der Waals surface area contributed by atoms with Gasteiger partial charge in [-0.25, -0.2) is 18.4 Å². The summed E-state index contributed by atoms with van der Waals surface area (Å²) in [7, 11) is -2.88. The smallest absolute Gasteiger partial charge is 0.153 e. The lowest BCUT2D eigenvalue weighted by molar-refractivity contribution is 0.586. The molecule has 1 aromatic rings. The first kappa shape index (κ1) is 14.5. The number of halogens is 1. The highest BCUT2D eigenvalue weighted by atomic mass is 79.9. The normalized spacial score (nSPS) is 18.3. The quantitative estimate of drug-likeness (QED) is 0.883. The lowest BCUT2D eigenvalue weighted by Crippen LogP contribution is -2.41. The molecule has 1 N–H and O–H groups in total. The molecule has 0 radical (unpaired) electrons. The molecule has 1 aliphatic heterocycles. The average molecular weight is 349 g/mol. The predicted octanol–water partition coefficient (Wildman–Crippen LogP) is 1.30. The van der Waals surface area contributed by atoms with Crippen LogP contribution in [0.1, 0.15) is 13.3 Å². The zero-order valence-corrected chi connectivity index (χ0v) is 13.2. The third-order valence-electron chi connectivity index (χ3n) is 2.96. The van der Waals surface area contributed by atoms with Crippen LogP contribution in [0.4, 0.5) is 11.6 Å². The van der Waals surface area contributed by atoms with Crippen molar-refractivity contribution in [2.24, 2.45) is 0 Å². The maximum absolute atomic E-state index is 11.4. The second-order valence-electron chi connectivity index (χ2n) is 4.43. The van der Waals surface area contributed by atoms with E-state index in [1.165, 1.54) is 6.33 Å². The summed E-state index contributed by atoms with van der Waals surface area (Å²) in [5.41, 5.74) is 0. The maximum atomic E-state index is 11.4. The lowest BCUT2D eigenvalue weighted by atomic mass is 10.4. The summed E-state index contributed by atoms with van der Waals surface area (Å²) in [5, 5.41) is 3.22. The number of hydrogen-bond acceptors (Lipinski definition) is 6. The number of rotatable bonds is 4. The molecule has 2 heterocycles. The molecular formula is C11H17BrN4O2S. The van der Waals surface area contributed by atoms with Crippen LogP contribution in [0.25, 0.3) is 0 Å². The van der Waals surface area contributed by atoms with E-state index >= 15 is 0 Å². The van der Waals surface area contributed by atoms with Gasteiger partial charge in [-0.05, 0) is 22.4 Å². The van der Waals surface area contributed by atoms with E-state index in [9.17, 15) is 8.42 Å². The monoisotopic (exact) mass is 348 g/mol. The Hall–Kier alpha value is -0.890. The molecule has 0 aromatic carbocycles. The summed E-state index contributed by atoms with van der Waals surface area (Å²) in [5.74, 6) is 1.87. The van der Waals surface area contributed by atoms with Crippen LogP contribution in [0, 0.1) is 0 Å². The Morgan fingerprint density at radius 2 is 2.05 bits per heavy atom. The molecule has 1 aromatic heterocycles. The Balaban J connectivity index is 2.16. The van der Waals surface area contributed by atoms with Crippen LogP contribution in [-0.4, -0.2) is 49.5 Å². The summed E-state index contributed by atoms with van der Waals surface area (Å²) in [4.78, 5) is 10.4. The number of anilines is 2. The van der Waals surface area contributed by atoms with Crippen LogP contribution < -0.4 is 10.2 Å². The summed E-state index contributed by atoms with van der Waals surface area (Å²) in [6, 6.07) is 0. The number of nitrogens with one attached hydrogen (secondary N) is 1. The van der Waals surface area contributed by atoms with E-state index in [0.717, 1.165) is 29.1 Å². The second kappa shape index (κ2) is 6.04. The largest absolute Gasteiger partial charge is 0.369 e. The Labute approximate surface area is 121 Å². The number of sulfone groups is 1. The fourth-order valence-corrected chi connectivity index (χ4v) is 3.67. The minimum absolute atomic E-state index is 0.182.